The summed E-state index contributed by atoms with van der Waals surface area (Å²) in [6, 6.07) is 11.8. The minimum Gasteiger partial charge on any atom is -0.448 e. The van der Waals surface area contributed by atoms with Gasteiger partial charge in [-0.1, -0.05) is 18.2 Å². The minimum atomic E-state index is -3.30. The zero-order chi connectivity index (χ0) is 23.2. The Balaban J connectivity index is 1.82. The fraction of sp³-hybridized carbons (Fsp3) is 0.261. The van der Waals surface area contributed by atoms with Gasteiger partial charge in [-0.15, -0.1) is 0 Å². The summed E-state index contributed by atoms with van der Waals surface area (Å²) in [5.74, 6) is -0.00318. The number of amides is 2. The molecule has 0 bridgehead atoms. The summed E-state index contributed by atoms with van der Waals surface area (Å²) in [6.07, 6.45) is 2.40. The number of fused-ring (bicyclic) bond motifs is 1. The van der Waals surface area contributed by atoms with Crippen molar-refractivity contribution in [2.24, 2.45) is 0 Å². The summed E-state index contributed by atoms with van der Waals surface area (Å²) in [7, 11) is -3.30. The van der Waals surface area contributed by atoms with Gasteiger partial charge in [0.15, 0.2) is 21.9 Å². The largest absolute Gasteiger partial charge is 0.448 e. The smallest absolute Gasteiger partial charge is 0.280 e. The predicted octanol–water partition coefficient (Wildman–Crippen LogP) is 3.46. The molecular formula is C23H23N3O5S. The fourth-order valence-corrected chi connectivity index (χ4v) is 4.64. The lowest BCUT2D eigenvalue weighted by Crippen LogP contribution is -2.51. The zero-order valence-corrected chi connectivity index (χ0v) is 19.0. The molecular weight excluding hydrogens is 430 g/mol. The number of benzene rings is 2. The van der Waals surface area contributed by atoms with E-state index in [-0.39, 0.29) is 28.4 Å². The molecule has 0 saturated carbocycles. The Bertz CT molecular complexity index is 1310. The van der Waals surface area contributed by atoms with Crippen LogP contribution in [0, 0.1) is 6.92 Å². The number of aryl methyl sites for hydroxylation is 1. The van der Waals surface area contributed by atoms with E-state index in [0.29, 0.717) is 23.7 Å². The van der Waals surface area contributed by atoms with E-state index in [2.05, 4.69) is 4.98 Å². The molecule has 0 radical (unpaired) electrons. The number of aromatic nitrogens is 1. The summed E-state index contributed by atoms with van der Waals surface area (Å²) >= 11 is 0. The van der Waals surface area contributed by atoms with Crippen LogP contribution in [0.4, 0.5) is 11.4 Å². The number of hydrogen-bond acceptors (Lipinski definition) is 6. The normalized spacial score (nSPS) is 16.1. The Hall–Kier alpha value is -3.46. The number of anilines is 2. The topological polar surface area (TPSA) is 101 Å². The lowest BCUT2D eigenvalue weighted by molar-refractivity contribution is -0.117. The number of carbonyl (C=O) groups is 2. The van der Waals surface area contributed by atoms with E-state index >= 15 is 0 Å². The van der Waals surface area contributed by atoms with E-state index in [0.717, 1.165) is 17.4 Å². The van der Waals surface area contributed by atoms with Crippen molar-refractivity contribution in [1.82, 2.24) is 4.98 Å². The molecule has 8 nitrogen and oxygen atoms in total. The molecule has 3 aromatic rings. The van der Waals surface area contributed by atoms with Crippen molar-refractivity contribution in [1.29, 1.82) is 0 Å². The van der Waals surface area contributed by atoms with Gasteiger partial charge in [-0.05, 0) is 49.2 Å². The quantitative estimate of drug-likeness (QED) is 0.602. The van der Waals surface area contributed by atoms with Gasteiger partial charge in [0.25, 0.3) is 5.91 Å². The third-order valence-corrected chi connectivity index (χ3v) is 6.69. The second-order valence-corrected chi connectivity index (χ2v) is 9.93. The Kier molecular flexibility index (Phi) is 5.37. The Labute approximate surface area is 186 Å². The first-order chi connectivity index (χ1) is 15.1. The zero-order valence-electron chi connectivity index (χ0n) is 18.2. The van der Waals surface area contributed by atoms with Gasteiger partial charge < -0.3 is 14.2 Å². The number of hydrogen-bond donors (Lipinski definition) is 0. The van der Waals surface area contributed by atoms with Gasteiger partial charge in [0, 0.05) is 19.7 Å². The second kappa shape index (κ2) is 7.90. The second-order valence-electron chi connectivity index (χ2n) is 7.91. The van der Waals surface area contributed by atoms with Gasteiger partial charge in [-0.25, -0.2) is 13.4 Å². The first kappa shape index (κ1) is 21.8. The van der Waals surface area contributed by atoms with Gasteiger partial charge >= 0.3 is 0 Å². The highest BCUT2D eigenvalue weighted by Crippen LogP contribution is 2.39. The highest BCUT2D eigenvalue weighted by molar-refractivity contribution is 7.90. The van der Waals surface area contributed by atoms with Gasteiger partial charge in [0.05, 0.1) is 22.3 Å². The standard InChI is InChI=1S/C23H23N3O5S/c1-14-12-25(23(28)22-15(2)31-13-24-22)21-11-18(7-10-20(21)26(14)16(3)27)17-5-8-19(9-6-17)32(4,29)30/h5-11,13-14H,12H2,1-4H3/t14-/m0/s1. The molecule has 1 aliphatic heterocycles. The Morgan fingerprint density at radius 3 is 2.28 bits per heavy atom. The Morgan fingerprint density at radius 1 is 1.06 bits per heavy atom. The molecule has 1 atom stereocenters. The molecule has 0 fully saturated rings. The summed E-state index contributed by atoms with van der Waals surface area (Å²) in [6.45, 7) is 5.36. The maximum absolute atomic E-state index is 13.3. The van der Waals surface area contributed by atoms with Gasteiger partial charge in [-0.3, -0.25) is 9.59 Å². The highest BCUT2D eigenvalue weighted by Gasteiger charge is 2.35. The van der Waals surface area contributed by atoms with Crippen LogP contribution < -0.4 is 9.80 Å². The van der Waals surface area contributed by atoms with Crippen LogP contribution in [0.25, 0.3) is 11.1 Å². The molecule has 166 valence electrons. The minimum absolute atomic E-state index is 0.117. The van der Waals surface area contributed by atoms with Crippen LogP contribution in [0.5, 0.6) is 0 Å². The van der Waals surface area contributed by atoms with E-state index in [1.807, 2.05) is 25.1 Å². The van der Waals surface area contributed by atoms with Crippen molar-refractivity contribution in [3.63, 3.8) is 0 Å². The number of oxazole rings is 1. The maximum Gasteiger partial charge on any atom is 0.280 e. The van der Waals surface area contributed by atoms with Crippen molar-refractivity contribution in [3.05, 3.63) is 60.3 Å². The first-order valence-electron chi connectivity index (χ1n) is 10.0. The van der Waals surface area contributed by atoms with Crippen LogP contribution in [0.2, 0.25) is 0 Å². The van der Waals surface area contributed by atoms with Crippen molar-refractivity contribution >= 4 is 33.0 Å². The predicted molar refractivity (Wildman–Crippen MR) is 121 cm³/mol. The van der Waals surface area contributed by atoms with Crippen LogP contribution >= 0.6 is 0 Å². The van der Waals surface area contributed by atoms with Gasteiger partial charge in [0.2, 0.25) is 5.91 Å². The molecule has 1 aliphatic rings. The molecule has 9 heteroatoms. The number of carbonyl (C=O) groups excluding carboxylic acids is 2. The van der Waals surface area contributed by atoms with E-state index in [4.69, 9.17) is 4.42 Å². The molecule has 2 heterocycles. The average molecular weight is 454 g/mol. The number of rotatable bonds is 3. The Morgan fingerprint density at radius 2 is 1.72 bits per heavy atom. The fourth-order valence-electron chi connectivity index (χ4n) is 4.01. The van der Waals surface area contributed by atoms with Gasteiger partial charge in [-0.2, -0.15) is 0 Å². The SMILES string of the molecule is CC(=O)N1c2ccc(-c3ccc(S(C)(=O)=O)cc3)cc2N(C(=O)c2ncoc2C)C[C@@H]1C. The van der Waals surface area contributed by atoms with E-state index in [1.165, 1.54) is 13.3 Å². The van der Waals surface area contributed by atoms with E-state index < -0.39 is 9.84 Å². The monoisotopic (exact) mass is 453 g/mol. The first-order valence-corrected chi connectivity index (χ1v) is 11.9. The summed E-state index contributed by atoms with van der Waals surface area (Å²) < 4.78 is 28.7. The molecule has 0 unspecified atom stereocenters. The third kappa shape index (κ3) is 3.80. The molecule has 2 amide bonds. The van der Waals surface area contributed by atoms with Crippen LogP contribution in [0.15, 0.2) is 58.2 Å². The molecule has 0 N–H and O–H groups in total. The summed E-state index contributed by atoms with van der Waals surface area (Å²) in [4.78, 5) is 33.2. The van der Waals surface area contributed by atoms with Crippen LogP contribution in [-0.2, 0) is 14.6 Å². The lowest BCUT2D eigenvalue weighted by Gasteiger charge is -2.40. The van der Waals surface area contributed by atoms with Crippen LogP contribution in [0.1, 0.15) is 30.1 Å². The van der Waals surface area contributed by atoms with E-state index in [9.17, 15) is 18.0 Å². The summed E-state index contributed by atoms with van der Waals surface area (Å²) in [5, 5.41) is 0. The maximum atomic E-state index is 13.3. The van der Waals surface area contributed by atoms with Crippen LogP contribution in [-0.4, -0.2) is 44.1 Å². The highest BCUT2D eigenvalue weighted by atomic mass is 32.2. The number of nitrogens with zero attached hydrogens (tertiary/aromatic N) is 3. The molecule has 32 heavy (non-hydrogen) atoms. The summed E-state index contributed by atoms with van der Waals surface area (Å²) in [5.41, 5.74) is 3.01. The van der Waals surface area contributed by atoms with Crippen LogP contribution in [0.3, 0.4) is 0 Å². The van der Waals surface area contributed by atoms with Crippen molar-refractivity contribution < 1.29 is 22.4 Å². The molecule has 2 aromatic carbocycles. The molecule has 0 spiro atoms. The lowest BCUT2D eigenvalue weighted by atomic mass is 10.00. The third-order valence-electron chi connectivity index (χ3n) is 5.56. The van der Waals surface area contributed by atoms with Crippen molar-refractivity contribution in [3.8, 4) is 11.1 Å². The number of sulfone groups is 1. The van der Waals surface area contributed by atoms with Crippen molar-refractivity contribution in [2.45, 2.75) is 31.7 Å². The molecule has 1 aromatic heterocycles. The molecule has 0 saturated heterocycles. The van der Waals surface area contributed by atoms with Gasteiger partial charge in [0.1, 0.15) is 5.76 Å². The van der Waals surface area contributed by atoms with E-state index in [1.54, 1.807) is 41.0 Å². The molecule has 0 aliphatic carbocycles. The van der Waals surface area contributed by atoms with Crippen molar-refractivity contribution in [2.75, 3.05) is 22.6 Å². The average Bonchev–Trinajstić information content (AvgIpc) is 3.17. The molecule has 4 rings (SSSR count).